The van der Waals surface area contributed by atoms with Crippen LogP contribution in [0.4, 0.5) is 5.69 Å². The van der Waals surface area contributed by atoms with Crippen molar-refractivity contribution in [2.45, 2.75) is 12.6 Å². The van der Waals surface area contributed by atoms with Gasteiger partial charge in [-0.05, 0) is 0 Å². The van der Waals surface area contributed by atoms with Crippen LogP contribution in [0.1, 0.15) is 0 Å². The van der Waals surface area contributed by atoms with E-state index in [1.807, 2.05) is 0 Å². The topological polar surface area (TPSA) is 103 Å². The van der Waals surface area contributed by atoms with Crippen LogP contribution in [0.3, 0.4) is 0 Å². The summed E-state index contributed by atoms with van der Waals surface area (Å²) in [6, 6.07) is 0. The quantitative estimate of drug-likeness (QED) is 0.739. The lowest BCUT2D eigenvalue weighted by molar-refractivity contribution is -0.142. The molecule has 1 amide bonds. The zero-order valence-electron chi connectivity index (χ0n) is 9.54. The summed E-state index contributed by atoms with van der Waals surface area (Å²) in [5.41, 5.74) is 0.426. The fourth-order valence-corrected chi connectivity index (χ4v) is 1.52. The van der Waals surface area contributed by atoms with Crippen LogP contribution in [0.5, 0.6) is 0 Å². The van der Waals surface area contributed by atoms with Crippen LogP contribution in [-0.4, -0.2) is 52.7 Å². The Morgan fingerprint density at radius 1 is 1.56 bits per heavy atom. The van der Waals surface area contributed by atoms with Gasteiger partial charge in [0, 0.05) is 6.20 Å². The van der Waals surface area contributed by atoms with Crippen molar-refractivity contribution < 1.29 is 24.2 Å². The normalized spacial score (nSPS) is 19.4. The molecule has 0 saturated carbocycles. The average Bonchev–Trinajstić information content (AvgIpc) is 2.76. The van der Waals surface area contributed by atoms with Gasteiger partial charge < -0.3 is 19.9 Å². The van der Waals surface area contributed by atoms with Crippen molar-refractivity contribution in [3.05, 3.63) is 12.4 Å². The fraction of sp³-hybridized carbons (Fsp3) is 0.500. The second-order valence-electron chi connectivity index (χ2n) is 3.74. The molecule has 8 nitrogen and oxygen atoms in total. The zero-order chi connectivity index (χ0) is 13.0. The number of nitrogens with zero attached hydrogens (tertiary/aromatic N) is 2. The van der Waals surface area contributed by atoms with Crippen LogP contribution in [0.15, 0.2) is 12.4 Å². The number of carbonyl (C=O) groups excluding carboxylic acids is 1. The molecule has 0 spiro atoms. The molecule has 2 heterocycles. The first-order valence-electron chi connectivity index (χ1n) is 5.39. The molecular weight excluding hydrogens is 242 g/mol. The van der Waals surface area contributed by atoms with Gasteiger partial charge in [0.1, 0.15) is 6.54 Å². The molecular formula is C10H13N3O5. The molecule has 0 aliphatic carbocycles. The highest BCUT2D eigenvalue weighted by Gasteiger charge is 2.22. The van der Waals surface area contributed by atoms with Gasteiger partial charge in [-0.1, -0.05) is 0 Å². The number of rotatable bonds is 4. The molecule has 2 rings (SSSR count). The van der Waals surface area contributed by atoms with Gasteiger partial charge in [0.25, 0.3) is 5.91 Å². The third-order valence-electron chi connectivity index (χ3n) is 2.31. The first kappa shape index (κ1) is 12.5. The Kier molecular flexibility index (Phi) is 3.90. The minimum absolute atomic E-state index is 0.217. The molecule has 1 atom stereocenters. The van der Waals surface area contributed by atoms with E-state index in [9.17, 15) is 9.59 Å². The molecule has 1 unspecified atom stereocenters. The lowest BCUT2D eigenvalue weighted by Gasteiger charge is -2.21. The molecule has 1 saturated heterocycles. The standard InChI is InChI=1S/C10H13N3O5/c14-9(15)5-13-4-7(3-11-13)12-10(16)8-6-17-1-2-18-8/h3-4,8H,1-2,5-6H2,(H,12,16)(H,14,15). The first-order chi connectivity index (χ1) is 8.65. The van der Waals surface area contributed by atoms with Gasteiger partial charge in [0.05, 0.1) is 31.7 Å². The maximum Gasteiger partial charge on any atom is 0.325 e. The summed E-state index contributed by atoms with van der Waals surface area (Å²) in [7, 11) is 0. The van der Waals surface area contributed by atoms with Crippen LogP contribution in [0.2, 0.25) is 0 Å². The number of hydrogen-bond donors (Lipinski definition) is 2. The Morgan fingerprint density at radius 2 is 2.39 bits per heavy atom. The van der Waals surface area contributed by atoms with Crippen LogP contribution in [0.25, 0.3) is 0 Å². The number of carbonyl (C=O) groups is 2. The number of ether oxygens (including phenoxy) is 2. The van der Waals surface area contributed by atoms with Gasteiger partial charge in [-0.25, -0.2) is 0 Å². The minimum atomic E-state index is -1.00. The summed E-state index contributed by atoms with van der Waals surface area (Å²) in [6.45, 7) is 0.838. The number of anilines is 1. The summed E-state index contributed by atoms with van der Waals surface area (Å²) < 4.78 is 11.6. The fourth-order valence-electron chi connectivity index (χ4n) is 1.52. The van der Waals surface area contributed by atoms with E-state index in [1.54, 1.807) is 0 Å². The maximum absolute atomic E-state index is 11.7. The van der Waals surface area contributed by atoms with Gasteiger partial charge in [-0.15, -0.1) is 0 Å². The van der Waals surface area contributed by atoms with E-state index in [2.05, 4.69) is 10.4 Å². The average molecular weight is 255 g/mol. The summed E-state index contributed by atoms with van der Waals surface area (Å²) >= 11 is 0. The number of carboxylic acid groups (broad SMARTS) is 1. The first-order valence-corrected chi connectivity index (χ1v) is 5.39. The molecule has 98 valence electrons. The van der Waals surface area contributed by atoms with Crippen LogP contribution >= 0.6 is 0 Å². The van der Waals surface area contributed by atoms with E-state index in [4.69, 9.17) is 14.6 Å². The second-order valence-corrected chi connectivity index (χ2v) is 3.74. The highest BCUT2D eigenvalue weighted by atomic mass is 16.6. The van der Waals surface area contributed by atoms with Crippen molar-refractivity contribution in [2.24, 2.45) is 0 Å². The summed E-state index contributed by atoms with van der Waals surface area (Å²) in [6.07, 6.45) is 2.18. The molecule has 1 fully saturated rings. The molecule has 0 aromatic carbocycles. The lowest BCUT2D eigenvalue weighted by atomic mass is 10.3. The van der Waals surface area contributed by atoms with Gasteiger partial charge in [-0.2, -0.15) is 5.10 Å². The highest BCUT2D eigenvalue weighted by Crippen LogP contribution is 2.08. The maximum atomic E-state index is 11.7. The van der Waals surface area contributed by atoms with Crippen molar-refractivity contribution in [3.8, 4) is 0 Å². The number of nitrogens with one attached hydrogen (secondary N) is 1. The van der Waals surface area contributed by atoms with Gasteiger partial charge in [0.15, 0.2) is 6.10 Å². The van der Waals surface area contributed by atoms with Crippen LogP contribution in [-0.2, 0) is 25.6 Å². The lowest BCUT2D eigenvalue weighted by Crippen LogP contribution is -2.38. The van der Waals surface area contributed by atoms with Crippen molar-refractivity contribution in [1.29, 1.82) is 0 Å². The SMILES string of the molecule is O=C(O)Cn1cc(NC(=O)C2COCCO2)cn1. The molecule has 1 aromatic rings. The number of amides is 1. The van der Waals surface area contributed by atoms with Crippen molar-refractivity contribution in [2.75, 3.05) is 25.1 Å². The Hall–Kier alpha value is -1.93. The predicted molar refractivity (Wildman–Crippen MR) is 59.1 cm³/mol. The molecule has 1 aromatic heterocycles. The molecule has 1 aliphatic heterocycles. The van der Waals surface area contributed by atoms with E-state index in [0.717, 1.165) is 0 Å². The molecule has 0 bridgehead atoms. The van der Waals surface area contributed by atoms with Gasteiger partial charge >= 0.3 is 5.97 Å². The van der Waals surface area contributed by atoms with Crippen LogP contribution in [0, 0.1) is 0 Å². The van der Waals surface area contributed by atoms with E-state index in [-0.39, 0.29) is 19.1 Å². The van der Waals surface area contributed by atoms with E-state index < -0.39 is 12.1 Å². The van der Waals surface area contributed by atoms with Gasteiger partial charge in [0.2, 0.25) is 0 Å². The molecule has 2 N–H and O–H groups in total. The van der Waals surface area contributed by atoms with E-state index in [1.165, 1.54) is 17.1 Å². The van der Waals surface area contributed by atoms with E-state index in [0.29, 0.717) is 18.9 Å². The smallest absolute Gasteiger partial charge is 0.325 e. The van der Waals surface area contributed by atoms with Crippen LogP contribution < -0.4 is 5.32 Å². The second kappa shape index (κ2) is 5.61. The van der Waals surface area contributed by atoms with Crippen molar-refractivity contribution >= 4 is 17.6 Å². The third-order valence-corrected chi connectivity index (χ3v) is 2.31. The highest BCUT2D eigenvalue weighted by molar-refractivity contribution is 5.94. The number of hydrogen-bond acceptors (Lipinski definition) is 5. The Bertz CT molecular complexity index is 438. The number of aliphatic carboxylic acids is 1. The Labute approximate surface area is 102 Å². The monoisotopic (exact) mass is 255 g/mol. The summed E-state index contributed by atoms with van der Waals surface area (Å²) in [4.78, 5) is 22.2. The summed E-state index contributed by atoms with van der Waals surface area (Å²) in [5.74, 6) is -1.33. The molecule has 1 aliphatic rings. The Morgan fingerprint density at radius 3 is 3.06 bits per heavy atom. The molecule has 18 heavy (non-hydrogen) atoms. The number of aromatic nitrogens is 2. The van der Waals surface area contributed by atoms with Gasteiger partial charge in [-0.3, -0.25) is 14.3 Å². The third kappa shape index (κ3) is 3.28. The predicted octanol–water partition coefficient (Wildman–Crippen LogP) is -0.678. The van der Waals surface area contributed by atoms with E-state index >= 15 is 0 Å². The minimum Gasteiger partial charge on any atom is -0.480 e. The molecule has 0 radical (unpaired) electrons. The van der Waals surface area contributed by atoms with Crippen molar-refractivity contribution in [3.63, 3.8) is 0 Å². The zero-order valence-corrected chi connectivity index (χ0v) is 9.54. The largest absolute Gasteiger partial charge is 0.480 e. The number of carboxylic acids is 1. The summed E-state index contributed by atoms with van der Waals surface area (Å²) in [5, 5.41) is 15.0. The molecule has 8 heteroatoms. The van der Waals surface area contributed by atoms with Crippen molar-refractivity contribution in [1.82, 2.24) is 9.78 Å². The Balaban J connectivity index is 1.90.